The third-order valence-electron chi connectivity index (χ3n) is 4.34. The number of amides is 2. The van der Waals surface area contributed by atoms with Gasteiger partial charge in [-0.05, 0) is 31.9 Å². The number of aryl methyl sites for hydroxylation is 1. The largest absolute Gasteiger partial charge is 0.462 e. The first-order valence-corrected chi connectivity index (χ1v) is 9.80. The van der Waals surface area contributed by atoms with E-state index in [0.717, 1.165) is 10.4 Å². The number of hydrogen-bond donors (Lipinski definition) is 1. The van der Waals surface area contributed by atoms with Crippen LogP contribution in [0.2, 0.25) is 0 Å². The van der Waals surface area contributed by atoms with E-state index in [-0.39, 0.29) is 18.6 Å². The second-order valence-electron chi connectivity index (χ2n) is 6.09. The van der Waals surface area contributed by atoms with Crippen LogP contribution in [0.5, 0.6) is 0 Å². The predicted octanol–water partition coefficient (Wildman–Crippen LogP) is 2.43. The Morgan fingerprint density at radius 2 is 2.00 bits per heavy atom. The van der Waals surface area contributed by atoms with Crippen LogP contribution in [0.3, 0.4) is 0 Å². The number of carbonyl (C=O) groups is 3. The lowest BCUT2D eigenvalue weighted by molar-refractivity contribution is 0.0526. The fourth-order valence-electron chi connectivity index (χ4n) is 3.05. The van der Waals surface area contributed by atoms with Gasteiger partial charge in [0.05, 0.1) is 25.3 Å². The maximum atomic E-state index is 12.6. The van der Waals surface area contributed by atoms with Crippen molar-refractivity contribution in [2.24, 2.45) is 7.05 Å². The van der Waals surface area contributed by atoms with E-state index < -0.39 is 5.97 Å². The summed E-state index contributed by atoms with van der Waals surface area (Å²) in [4.78, 5) is 39.6. The zero-order valence-corrected chi connectivity index (χ0v) is 16.8. The minimum absolute atomic E-state index is 0.230. The lowest BCUT2D eigenvalue weighted by Crippen LogP contribution is -2.36. The fourth-order valence-corrected chi connectivity index (χ4v) is 4.29. The van der Waals surface area contributed by atoms with Gasteiger partial charge in [-0.15, -0.1) is 11.3 Å². The second-order valence-corrected chi connectivity index (χ2v) is 7.20. The fraction of sp³-hybridized carbons (Fsp3) is 0.444. The molecule has 0 saturated carbocycles. The van der Waals surface area contributed by atoms with Crippen molar-refractivity contribution in [1.29, 1.82) is 0 Å². The van der Waals surface area contributed by atoms with E-state index >= 15 is 0 Å². The molecule has 2 amide bonds. The highest BCUT2D eigenvalue weighted by molar-refractivity contribution is 7.17. The number of ether oxygens (including phenoxy) is 2. The van der Waals surface area contributed by atoms with Crippen molar-refractivity contribution in [3.63, 3.8) is 0 Å². The van der Waals surface area contributed by atoms with Crippen molar-refractivity contribution in [2.75, 3.05) is 25.1 Å². The summed E-state index contributed by atoms with van der Waals surface area (Å²) >= 11 is 1.27. The van der Waals surface area contributed by atoms with Crippen LogP contribution in [0.25, 0.3) is 0 Å². The Bertz CT molecular complexity index is 904. The van der Waals surface area contributed by atoms with Gasteiger partial charge < -0.3 is 19.7 Å². The van der Waals surface area contributed by atoms with Crippen LogP contribution in [-0.2, 0) is 29.5 Å². The maximum absolute atomic E-state index is 12.6. The lowest BCUT2D eigenvalue weighted by Gasteiger charge is -2.26. The highest BCUT2D eigenvalue weighted by atomic mass is 32.1. The first-order valence-electron chi connectivity index (χ1n) is 8.98. The summed E-state index contributed by atoms with van der Waals surface area (Å²) in [6, 6.07) is 1.59. The van der Waals surface area contributed by atoms with Crippen LogP contribution in [0.1, 0.15) is 45.1 Å². The highest BCUT2D eigenvalue weighted by Crippen LogP contribution is 2.38. The molecular formula is C18H22N4O5S. The summed E-state index contributed by atoms with van der Waals surface area (Å²) in [5.74, 6) is -0.851. The van der Waals surface area contributed by atoms with Crippen LogP contribution in [0, 0.1) is 0 Å². The zero-order chi connectivity index (χ0) is 20.3. The molecule has 0 saturated heterocycles. The number of aromatic nitrogens is 2. The van der Waals surface area contributed by atoms with Gasteiger partial charge in [-0.3, -0.25) is 9.48 Å². The van der Waals surface area contributed by atoms with Crippen LogP contribution >= 0.6 is 11.3 Å². The van der Waals surface area contributed by atoms with Gasteiger partial charge in [0.2, 0.25) is 0 Å². The molecule has 0 spiro atoms. The van der Waals surface area contributed by atoms with Crippen LogP contribution in [0.4, 0.5) is 9.80 Å². The van der Waals surface area contributed by atoms with E-state index in [4.69, 9.17) is 9.47 Å². The highest BCUT2D eigenvalue weighted by Gasteiger charge is 2.31. The molecule has 1 N–H and O–H groups in total. The number of fused-ring (bicyclic) bond motifs is 1. The summed E-state index contributed by atoms with van der Waals surface area (Å²) in [7, 11) is 1.66. The molecule has 3 heterocycles. The predicted molar refractivity (Wildman–Crippen MR) is 103 cm³/mol. The van der Waals surface area contributed by atoms with Crippen molar-refractivity contribution in [3.05, 3.63) is 34.0 Å². The topological polar surface area (TPSA) is 103 Å². The summed E-state index contributed by atoms with van der Waals surface area (Å²) in [5.41, 5.74) is 1.54. The molecule has 3 rings (SSSR count). The van der Waals surface area contributed by atoms with Crippen molar-refractivity contribution >= 4 is 34.3 Å². The molecule has 10 heteroatoms. The molecule has 2 aromatic heterocycles. The Balaban J connectivity index is 1.91. The van der Waals surface area contributed by atoms with Gasteiger partial charge in [0, 0.05) is 24.7 Å². The number of nitrogens with one attached hydrogen (secondary N) is 1. The van der Waals surface area contributed by atoms with E-state index in [0.29, 0.717) is 42.4 Å². The quantitative estimate of drug-likeness (QED) is 0.765. The Morgan fingerprint density at radius 1 is 1.25 bits per heavy atom. The van der Waals surface area contributed by atoms with E-state index in [2.05, 4.69) is 10.4 Å². The van der Waals surface area contributed by atoms with Gasteiger partial charge in [-0.2, -0.15) is 5.10 Å². The molecule has 0 atom stereocenters. The summed E-state index contributed by atoms with van der Waals surface area (Å²) < 4.78 is 11.7. The van der Waals surface area contributed by atoms with Crippen LogP contribution in [0.15, 0.2) is 12.3 Å². The molecule has 150 valence electrons. The van der Waals surface area contributed by atoms with E-state index in [9.17, 15) is 14.4 Å². The third-order valence-corrected chi connectivity index (χ3v) is 5.48. The first kappa shape index (κ1) is 19.9. The Kier molecular flexibility index (Phi) is 5.98. The van der Waals surface area contributed by atoms with Gasteiger partial charge in [-0.1, -0.05) is 0 Å². The summed E-state index contributed by atoms with van der Waals surface area (Å²) in [6.07, 6.45) is 1.62. The second kappa shape index (κ2) is 8.42. The normalized spacial score (nSPS) is 13.0. The van der Waals surface area contributed by atoms with Crippen molar-refractivity contribution in [3.8, 4) is 0 Å². The lowest BCUT2D eigenvalue weighted by atomic mass is 10.0. The Labute approximate surface area is 166 Å². The number of rotatable bonds is 5. The maximum Gasteiger partial charge on any atom is 0.410 e. The Hall–Kier alpha value is -2.88. The molecule has 0 aromatic carbocycles. The first-order chi connectivity index (χ1) is 13.5. The smallest absolute Gasteiger partial charge is 0.410 e. The van der Waals surface area contributed by atoms with Crippen LogP contribution < -0.4 is 5.32 Å². The van der Waals surface area contributed by atoms with Crippen molar-refractivity contribution in [1.82, 2.24) is 14.7 Å². The monoisotopic (exact) mass is 406 g/mol. The van der Waals surface area contributed by atoms with Crippen LogP contribution in [-0.4, -0.2) is 52.4 Å². The zero-order valence-electron chi connectivity index (χ0n) is 16.0. The molecule has 0 bridgehead atoms. The number of thiophene rings is 1. The van der Waals surface area contributed by atoms with Gasteiger partial charge in [0.15, 0.2) is 0 Å². The number of hydrogen-bond acceptors (Lipinski definition) is 7. The van der Waals surface area contributed by atoms with Crippen molar-refractivity contribution < 1.29 is 23.9 Å². The number of nitrogens with zero attached hydrogens (tertiary/aromatic N) is 3. The Morgan fingerprint density at radius 3 is 2.64 bits per heavy atom. The number of anilines is 1. The molecule has 1 aliphatic rings. The molecular weight excluding hydrogens is 384 g/mol. The SMILES string of the molecule is CCOC(=O)c1c(NC(=O)c2ccnn2C)sc2c1CCN(C(=O)OCC)C2. The van der Waals surface area contributed by atoms with E-state index in [1.54, 1.807) is 31.9 Å². The molecule has 0 aliphatic carbocycles. The van der Waals surface area contributed by atoms with E-state index in [1.807, 2.05) is 0 Å². The molecule has 28 heavy (non-hydrogen) atoms. The molecule has 9 nitrogen and oxygen atoms in total. The minimum atomic E-state index is -0.482. The molecule has 0 fully saturated rings. The van der Waals surface area contributed by atoms with Gasteiger partial charge in [-0.25, -0.2) is 9.59 Å². The standard InChI is InChI=1S/C18H22N4O5S/c1-4-26-17(24)14-11-7-9-22(18(25)27-5-2)10-13(11)28-16(14)20-15(23)12-6-8-19-21(12)3/h6,8H,4-5,7,9-10H2,1-3H3,(H,20,23). The summed E-state index contributed by atoms with van der Waals surface area (Å²) in [5, 5.41) is 7.21. The van der Waals surface area contributed by atoms with Crippen molar-refractivity contribution in [2.45, 2.75) is 26.8 Å². The van der Waals surface area contributed by atoms with Gasteiger partial charge >= 0.3 is 12.1 Å². The van der Waals surface area contributed by atoms with Gasteiger partial charge in [0.25, 0.3) is 5.91 Å². The minimum Gasteiger partial charge on any atom is -0.462 e. The number of esters is 1. The van der Waals surface area contributed by atoms with Gasteiger partial charge in [0.1, 0.15) is 10.7 Å². The molecule has 0 unspecified atom stereocenters. The summed E-state index contributed by atoms with van der Waals surface area (Å²) in [6.45, 7) is 4.77. The molecule has 2 aromatic rings. The average molecular weight is 406 g/mol. The third kappa shape index (κ3) is 3.86. The molecule has 1 aliphatic heterocycles. The van der Waals surface area contributed by atoms with E-state index in [1.165, 1.54) is 22.2 Å². The molecule has 0 radical (unpaired) electrons. The average Bonchev–Trinajstić information content (AvgIpc) is 3.24. The number of carbonyl (C=O) groups excluding carboxylic acids is 3.